The topological polar surface area (TPSA) is 12.5 Å². The van der Waals surface area contributed by atoms with E-state index in [1.54, 1.807) is 0 Å². The molecule has 2 rings (SSSR count). The second-order valence-electron chi connectivity index (χ2n) is 3.86. The van der Waals surface area contributed by atoms with Crippen LogP contribution >= 0.6 is 0 Å². The van der Waals surface area contributed by atoms with Crippen LogP contribution in [0.5, 0.6) is 5.75 Å². The minimum Gasteiger partial charge on any atom is -0.471 e. The largest absolute Gasteiger partial charge is 0.471 e. The van der Waals surface area contributed by atoms with Gasteiger partial charge in [-0.15, -0.1) is 0 Å². The molecule has 0 atom stereocenters. The number of fused-ring (bicyclic) bond motifs is 1. The molecule has 70 valence electrons. The van der Waals surface area contributed by atoms with Crippen LogP contribution in [0, 0.1) is 5.92 Å². The minimum atomic E-state index is 0.676. The van der Waals surface area contributed by atoms with Gasteiger partial charge in [0.25, 0.3) is 0 Å². The lowest BCUT2D eigenvalue weighted by Crippen LogP contribution is -2.26. The Balaban J connectivity index is 2.18. The van der Waals surface area contributed by atoms with Crippen molar-refractivity contribution in [2.75, 3.05) is 18.2 Å². The number of rotatable bonds is 2. The van der Waals surface area contributed by atoms with Crippen molar-refractivity contribution in [1.82, 2.24) is 0 Å². The molecule has 0 radical (unpaired) electrons. The molecule has 1 aliphatic rings. The Kier molecular flexibility index (Phi) is 2.13. The summed E-state index contributed by atoms with van der Waals surface area (Å²) in [5.41, 5.74) is 1.23. The normalized spacial score (nSPS) is 14.5. The van der Waals surface area contributed by atoms with Crippen molar-refractivity contribution in [3.63, 3.8) is 0 Å². The van der Waals surface area contributed by atoms with E-state index >= 15 is 0 Å². The second-order valence-corrected chi connectivity index (χ2v) is 3.86. The minimum absolute atomic E-state index is 0.676. The van der Waals surface area contributed by atoms with Gasteiger partial charge in [0.1, 0.15) is 5.75 Å². The van der Waals surface area contributed by atoms with Crippen molar-refractivity contribution in [1.29, 1.82) is 0 Å². The Hall–Kier alpha value is -1.18. The molecule has 1 heterocycles. The maximum absolute atomic E-state index is 5.54. The smallest absolute Gasteiger partial charge is 0.161 e. The van der Waals surface area contributed by atoms with Gasteiger partial charge in [-0.2, -0.15) is 0 Å². The molecule has 0 saturated carbocycles. The van der Waals surface area contributed by atoms with E-state index in [1.807, 2.05) is 12.1 Å². The van der Waals surface area contributed by atoms with Crippen molar-refractivity contribution in [3.05, 3.63) is 24.3 Å². The van der Waals surface area contributed by atoms with Gasteiger partial charge in [0, 0.05) is 6.54 Å². The fraction of sp³-hybridized carbons (Fsp3) is 0.455. The highest BCUT2D eigenvalue weighted by Gasteiger charge is 2.19. The van der Waals surface area contributed by atoms with Crippen molar-refractivity contribution >= 4 is 5.69 Å². The Morgan fingerprint density at radius 2 is 2.15 bits per heavy atom. The summed E-state index contributed by atoms with van der Waals surface area (Å²) in [5, 5.41) is 0. The van der Waals surface area contributed by atoms with E-state index < -0.39 is 0 Å². The van der Waals surface area contributed by atoms with E-state index in [0.717, 1.165) is 12.3 Å². The first kappa shape index (κ1) is 8.42. The number of hydrogen-bond acceptors (Lipinski definition) is 2. The highest BCUT2D eigenvalue weighted by molar-refractivity contribution is 5.60. The number of ether oxygens (including phenoxy) is 1. The molecule has 2 nitrogen and oxygen atoms in total. The SMILES string of the molecule is CC(C)CN1COc2ccccc21. The Morgan fingerprint density at radius 1 is 1.38 bits per heavy atom. The molecule has 0 aliphatic carbocycles. The maximum Gasteiger partial charge on any atom is 0.161 e. The summed E-state index contributed by atoms with van der Waals surface area (Å²) < 4.78 is 5.54. The monoisotopic (exact) mass is 177 g/mol. The molecule has 1 aromatic rings. The quantitative estimate of drug-likeness (QED) is 0.688. The lowest BCUT2D eigenvalue weighted by molar-refractivity contribution is 0.341. The Bertz CT molecular complexity index is 296. The van der Waals surface area contributed by atoms with E-state index in [1.165, 1.54) is 5.69 Å². The summed E-state index contributed by atoms with van der Waals surface area (Å²) in [5.74, 6) is 1.69. The molecular formula is C11H15NO. The van der Waals surface area contributed by atoms with E-state index in [4.69, 9.17) is 4.74 Å². The second kappa shape index (κ2) is 3.29. The first-order chi connectivity index (χ1) is 6.27. The van der Waals surface area contributed by atoms with Gasteiger partial charge < -0.3 is 9.64 Å². The third kappa shape index (κ3) is 1.62. The molecule has 1 aromatic carbocycles. The number of hydrogen-bond donors (Lipinski definition) is 0. The fourth-order valence-corrected chi connectivity index (χ4v) is 1.65. The van der Waals surface area contributed by atoms with Gasteiger partial charge in [0.15, 0.2) is 6.73 Å². The summed E-state index contributed by atoms with van der Waals surface area (Å²) in [6.07, 6.45) is 0. The van der Waals surface area contributed by atoms with Crippen LogP contribution in [0.2, 0.25) is 0 Å². The molecule has 0 spiro atoms. The summed E-state index contributed by atoms with van der Waals surface area (Å²) in [6.45, 7) is 6.22. The molecule has 2 heteroatoms. The molecule has 1 aliphatic heterocycles. The van der Waals surface area contributed by atoms with E-state index in [-0.39, 0.29) is 0 Å². The van der Waals surface area contributed by atoms with Gasteiger partial charge in [-0.1, -0.05) is 26.0 Å². The zero-order valence-corrected chi connectivity index (χ0v) is 8.16. The average molecular weight is 177 g/mol. The van der Waals surface area contributed by atoms with Gasteiger partial charge in [-0.3, -0.25) is 0 Å². The molecule has 0 unspecified atom stereocenters. The highest BCUT2D eigenvalue weighted by atomic mass is 16.5. The third-order valence-electron chi connectivity index (χ3n) is 2.17. The lowest BCUT2D eigenvalue weighted by atomic mass is 10.2. The van der Waals surface area contributed by atoms with Gasteiger partial charge in [0.05, 0.1) is 5.69 Å². The van der Waals surface area contributed by atoms with Crippen molar-refractivity contribution in [2.45, 2.75) is 13.8 Å². The van der Waals surface area contributed by atoms with Crippen molar-refractivity contribution in [3.8, 4) is 5.75 Å². The predicted octanol–water partition coefficient (Wildman–Crippen LogP) is 2.50. The lowest BCUT2D eigenvalue weighted by Gasteiger charge is -2.18. The molecule has 0 aromatic heterocycles. The summed E-state index contributed by atoms with van der Waals surface area (Å²) in [4.78, 5) is 2.28. The van der Waals surface area contributed by atoms with Gasteiger partial charge in [-0.25, -0.2) is 0 Å². The van der Waals surface area contributed by atoms with E-state index in [2.05, 4.69) is 30.9 Å². The zero-order chi connectivity index (χ0) is 9.26. The predicted molar refractivity (Wildman–Crippen MR) is 54.1 cm³/mol. The van der Waals surface area contributed by atoms with Crippen LogP contribution in [0.25, 0.3) is 0 Å². The molecule has 0 N–H and O–H groups in total. The molecule has 0 fully saturated rings. The first-order valence-electron chi connectivity index (χ1n) is 4.74. The van der Waals surface area contributed by atoms with Crippen LogP contribution < -0.4 is 9.64 Å². The number of para-hydroxylation sites is 2. The van der Waals surface area contributed by atoms with E-state index in [9.17, 15) is 0 Å². The standard InChI is InChI=1S/C11H15NO/c1-9(2)7-12-8-13-11-6-4-3-5-10(11)12/h3-6,9H,7-8H2,1-2H3. The third-order valence-corrected chi connectivity index (χ3v) is 2.17. The number of nitrogens with zero attached hydrogens (tertiary/aromatic N) is 1. The van der Waals surface area contributed by atoms with Gasteiger partial charge in [0.2, 0.25) is 0 Å². The zero-order valence-electron chi connectivity index (χ0n) is 8.16. The van der Waals surface area contributed by atoms with Crippen LogP contribution in [0.4, 0.5) is 5.69 Å². The van der Waals surface area contributed by atoms with Gasteiger partial charge in [-0.05, 0) is 18.1 Å². The van der Waals surface area contributed by atoms with Crippen molar-refractivity contribution < 1.29 is 4.74 Å². The Morgan fingerprint density at radius 3 is 2.92 bits per heavy atom. The van der Waals surface area contributed by atoms with Crippen LogP contribution in [0.1, 0.15) is 13.8 Å². The molecule has 0 bridgehead atoms. The maximum atomic E-state index is 5.54. The highest BCUT2D eigenvalue weighted by Crippen LogP contribution is 2.33. The Labute approximate surface area is 79.1 Å². The first-order valence-corrected chi connectivity index (χ1v) is 4.74. The number of benzene rings is 1. The molecule has 13 heavy (non-hydrogen) atoms. The molecule has 0 saturated heterocycles. The number of anilines is 1. The van der Waals surface area contributed by atoms with Crippen LogP contribution in [-0.2, 0) is 0 Å². The fourth-order valence-electron chi connectivity index (χ4n) is 1.65. The molecule has 0 amide bonds. The summed E-state index contributed by atoms with van der Waals surface area (Å²) >= 11 is 0. The summed E-state index contributed by atoms with van der Waals surface area (Å²) in [6, 6.07) is 8.21. The van der Waals surface area contributed by atoms with Crippen LogP contribution in [0.15, 0.2) is 24.3 Å². The average Bonchev–Trinajstić information content (AvgIpc) is 2.48. The summed E-state index contributed by atoms with van der Waals surface area (Å²) in [7, 11) is 0. The van der Waals surface area contributed by atoms with Crippen LogP contribution in [-0.4, -0.2) is 13.3 Å². The van der Waals surface area contributed by atoms with Crippen molar-refractivity contribution in [2.24, 2.45) is 5.92 Å². The van der Waals surface area contributed by atoms with Crippen LogP contribution in [0.3, 0.4) is 0 Å². The molecular weight excluding hydrogens is 162 g/mol. The van der Waals surface area contributed by atoms with E-state index in [0.29, 0.717) is 12.6 Å². The van der Waals surface area contributed by atoms with Gasteiger partial charge >= 0.3 is 0 Å².